The summed E-state index contributed by atoms with van der Waals surface area (Å²) >= 11 is 0. The third kappa shape index (κ3) is 3.73. The van der Waals surface area contributed by atoms with Crippen molar-refractivity contribution in [2.75, 3.05) is 13.1 Å². The number of carboxylic acid groups (broad SMARTS) is 1. The average Bonchev–Trinajstić information content (AvgIpc) is 2.46. The molecule has 1 heterocycles. The maximum Gasteiger partial charge on any atom is 0.410 e. The van der Waals surface area contributed by atoms with Gasteiger partial charge in [-0.15, -0.1) is 0 Å². The largest absolute Gasteiger partial charge is 0.481 e. The zero-order valence-electron chi connectivity index (χ0n) is 14.1. The molecular formula is C17H29NO4. The van der Waals surface area contributed by atoms with Gasteiger partial charge in [0.1, 0.15) is 5.60 Å². The van der Waals surface area contributed by atoms with Crippen molar-refractivity contribution in [2.24, 2.45) is 11.3 Å². The molecule has 0 aromatic rings. The number of carboxylic acids is 1. The molecule has 0 spiro atoms. The van der Waals surface area contributed by atoms with Crippen molar-refractivity contribution in [1.82, 2.24) is 4.90 Å². The Hall–Kier alpha value is -1.26. The molecule has 1 amide bonds. The summed E-state index contributed by atoms with van der Waals surface area (Å²) in [5.74, 6) is -0.630. The SMILES string of the molecule is CC(C)(C)OC(=O)N1CCCC(C2(C(=O)O)CCCCC2)C1. The fourth-order valence-electron chi connectivity index (χ4n) is 3.90. The number of ether oxygens (including phenoxy) is 1. The summed E-state index contributed by atoms with van der Waals surface area (Å²) in [6, 6.07) is 0. The lowest BCUT2D eigenvalue weighted by molar-refractivity contribution is -0.157. The fourth-order valence-corrected chi connectivity index (χ4v) is 3.90. The molecule has 22 heavy (non-hydrogen) atoms. The minimum Gasteiger partial charge on any atom is -0.481 e. The lowest BCUT2D eigenvalue weighted by Gasteiger charge is -2.44. The van der Waals surface area contributed by atoms with E-state index in [-0.39, 0.29) is 12.0 Å². The first kappa shape index (κ1) is 17.1. The fraction of sp³-hybridized carbons (Fsp3) is 0.882. The van der Waals surface area contributed by atoms with Gasteiger partial charge in [-0.1, -0.05) is 19.3 Å². The highest BCUT2D eigenvalue weighted by molar-refractivity contribution is 5.75. The monoisotopic (exact) mass is 311 g/mol. The molecule has 2 fully saturated rings. The van der Waals surface area contributed by atoms with Gasteiger partial charge in [0.25, 0.3) is 0 Å². The topological polar surface area (TPSA) is 66.8 Å². The van der Waals surface area contributed by atoms with Gasteiger partial charge < -0.3 is 14.7 Å². The summed E-state index contributed by atoms with van der Waals surface area (Å²) in [6.07, 6.45) is 6.02. The number of amides is 1. The number of carbonyl (C=O) groups excluding carboxylic acids is 1. The molecule has 2 rings (SSSR count). The predicted molar refractivity (Wildman–Crippen MR) is 83.7 cm³/mol. The lowest BCUT2D eigenvalue weighted by Crippen LogP contribution is -2.50. The number of rotatable bonds is 2. The lowest BCUT2D eigenvalue weighted by atomic mass is 9.63. The molecule has 2 aliphatic rings. The van der Waals surface area contributed by atoms with E-state index < -0.39 is 17.0 Å². The summed E-state index contributed by atoms with van der Waals surface area (Å²) in [7, 11) is 0. The maximum atomic E-state index is 12.3. The van der Waals surface area contributed by atoms with Crippen molar-refractivity contribution in [1.29, 1.82) is 0 Å². The number of nitrogens with zero attached hydrogens (tertiary/aromatic N) is 1. The molecule has 1 unspecified atom stereocenters. The van der Waals surface area contributed by atoms with Crippen molar-refractivity contribution in [3.05, 3.63) is 0 Å². The van der Waals surface area contributed by atoms with E-state index in [2.05, 4.69) is 0 Å². The van der Waals surface area contributed by atoms with Crippen LogP contribution < -0.4 is 0 Å². The molecule has 1 N–H and O–H groups in total. The van der Waals surface area contributed by atoms with Crippen LogP contribution in [0.5, 0.6) is 0 Å². The molecule has 1 saturated carbocycles. The third-order valence-corrected chi connectivity index (χ3v) is 5.03. The van der Waals surface area contributed by atoms with Gasteiger partial charge in [-0.3, -0.25) is 4.79 Å². The van der Waals surface area contributed by atoms with Gasteiger partial charge in [0.05, 0.1) is 5.41 Å². The summed E-state index contributed by atoms with van der Waals surface area (Å²) in [6.45, 7) is 6.74. The highest BCUT2D eigenvalue weighted by Crippen LogP contribution is 2.46. The molecule has 126 valence electrons. The normalized spacial score (nSPS) is 25.6. The van der Waals surface area contributed by atoms with Crippen LogP contribution in [0.15, 0.2) is 0 Å². The van der Waals surface area contributed by atoms with Crippen molar-refractivity contribution in [3.63, 3.8) is 0 Å². The van der Waals surface area contributed by atoms with Crippen molar-refractivity contribution >= 4 is 12.1 Å². The molecule has 0 radical (unpaired) electrons. The third-order valence-electron chi connectivity index (χ3n) is 5.03. The van der Waals surface area contributed by atoms with E-state index in [0.29, 0.717) is 13.1 Å². The zero-order chi connectivity index (χ0) is 16.4. The molecule has 1 atom stereocenters. The molecule has 5 heteroatoms. The second-order valence-corrected chi connectivity index (χ2v) is 7.79. The quantitative estimate of drug-likeness (QED) is 0.845. The van der Waals surface area contributed by atoms with Crippen LogP contribution in [-0.4, -0.2) is 40.8 Å². The van der Waals surface area contributed by atoms with Crippen molar-refractivity contribution in [3.8, 4) is 0 Å². The molecule has 1 aliphatic carbocycles. The van der Waals surface area contributed by atoms with Crippen molar-refractivity contribution < 1.29 is 19.4 Å². The van der Waals surface area contributed by atoms with E-state index >= 15 is 0 Å². The Kier molecular flexibility index (Phi) is 5.03. The van der Waals surface area contributed by atoms with E-state index in [9.17, 15) is 14.7 Å². The number of aliphatic carboxylic acids is 1. The Balaban J connectivity index is 2.08. The first-order valence-electron chi connectivity index (χ1n) is 8.46. The number of likely N-dealkylation sites (tertiary alicyclic amines) is 1. The van der Waals surface area contributed by atoms with E-state index in [1.165, 1.54) is 0 Å². The Morgan fingerprint density at radius 2 is 1.77 bits per heavy atom. The molecular weight excluding hydrogens is 282 g/mol. The number of carbonyl (C=O) groups is 2. The van der Waals surface area contributed by atoms with Gasteiger partial charge in [0, 0.05) is 13.1 Å². The smallest absolute Gasteiger partial charge is 0.410 e. The first-order valence-corrected chi connectivity index (χ1v) is 8.46. The predicted octanol–water partition coefficient (Wildman–Crippen LogP) is 3.67. The van der Waals surface area contributed by atoms with Crippen molar-refractivity contribution in [2.45, 2.75) is 71.3 Å². The standard InChI is InChI=1S/C17H29NO4/c1-16(2,3)22-15(21)18-11-7-8-13(12-18)17(14(19)20)9-5-4-6-10-17/h13H,4-12H2,1-3H3,(H,19,20). The van der Waals surface area contributed by atoms with E-state index in [1.807, 2.05) is 20.8 Å². The minimum absolute atomic E-state index is 0.0477. The van der Waals surface area contributed by atoms with Crippen LogP contribution in [-0.2, 0) is 9.53 Å². The van der Waals surface area contributed by atoms with Crippen LogP contribution in [0.25, 0.3) is 0 Å². The number of hydrogen-bond acceptors (Lipinski definition) is 3. The summed E-state index contributed by atoms with van der Waals surface area (Å²) in [4.78, 5) is 25.9. The van der Waals surface area contributed by atoms with Gasteiger partial charge in [-0.25, -0.2) is 4.79 Å². The molecule has 0 bridgehead atoms. The van der Waals surface area contributed by atoms with Crippen LogP contribution in [0.1, 0.15) is 65.7 Å². The first-order chi connectivity index (χ1) is 10.2. The van der Waals surface area contributed by atoms with Crippen LogP contribution in [0.4, 0.5) is 4.79 Å². The van der Waals surface area contributed by atoms with Crippen LogP contribution in [0, 0.1) is 11.3 Å². The van der Waals surface area contributed by atoms with Crippen LogP contribution in [0.3, 0.4) is 0 Å². The number of piperidine rings is 1. The van der Waals surface area contributed by atoms with Gasteiger partial charge in [0.15, 0.2) is 0 Å². The molecule has 5 nitrogen and oxygen atoms in total. The molecule has 1 saturated heterocycles. The number of hydrogen-bond donors (Lipinski definition) is 1. The van der Waals surface area contributed by atoms with Gasteiger partial charge in [0.2, 0.25) is 0 Å². The van der Waals surface area contributed by atoms with E-state index in [1.54, 1.807) is 4.90 Å². The highest BCUT2D eigenvalue weighted by atomic mass is 16.6. The van der Waals surface area contributed by atoms with Crippen LogP contribution >= 0.6 is 0 Å². The second kappa shape index (κ2) is 6.47. The maximum absolute atomic E-state index is 12.3. The molecule has 1 aliphatic heterocycles. The Labute approximate surface area is 133 Å². The summed E-state index contributed by atoms with van der Waals surface area (Å²) in [5.41, 5.74) is -1.15. The van der Waals surface area contributed by atoms with Crippen LogP contribution in [0.2, 0.25) is 0 Å². The highest BCUT2D eigenvalue weighted by Gasteiger charge is 2.48. The Morgan fingerprint density at radius 1 is 1.14 bits per heavy atom. The second-order valence-electron chi connectivity index (χ2n) is 7.79. The molecule has 0 aromatic heterocycles. The van der Waals surface area contributed by atoms with Gasteiger partial charge >= 0.3 is 12.1 Å². The van der Waals surface area contributed by atoms with Gasteiger partial charge in [-0.05, 0) is 52.4 Å². The van der Waals surface area contributed by atoms with E-state index in [4.69, 9.17) is 4.74 Å². The zero-order valence-corrected chi connectivity index (χ0v) is 14.1. The molecule has 0 aromatic carbocycles. The minimum atomic E-state index is -0.678. The Bertz CT molecular complexity index is 421. The summed E-state index contributed by atoms with van der Waals surface area (Å²) in [5, 5.41) is 9.82. The van der Waals surface area contributed by atoms with Gasteiger partial charge in [-0.2, -0.15) is 0 Å². The average molecular weight is 311 g/mol. The Morgan fingerprint density at radius 3 is 2.32 bits per heavy atom. The summed E-state index contributed by atoms with van der Waals surface area (Å²) < 4.78 is 5.45. The van der Waals surface area contributed by atoms with E-state index in [0.717, 1.165) is 44.9 Å².